The third kappa shape index (κ3) is 21.2. The van der Waals surface area contributed by atoms with Crippen LogP contribution in [0.2, 0.25) is 0 Å². The van der Waals surface area contributed by atoms with Crippen molar-refractivity contribution in [3.05, 3.63) is 35.9 Å². The number of rotatable bonds is 17. The highest BCUT2D eigenvalue weighted by atomic mass is 16.5. The summed E-state index contributed by atoms with van der Waals surface area (Å²) >= 11 is 0. The number of aliphatic carboxylic acids is 1. The van der Waals surface area contributed by atoms with Gasteiger partial charge in [0.15, 0.2) is 0 Å². The second-order valence-corrected chi connectivity index (χ2v) is 9.24. The van der Waals surface area contributed by atoms with E-state index in [9.17, 15) is 9.59 Å². The maximum Gasteiger partial charge on any atom is 0.315 e. The largest absolute Gasteiger partial charge is 0.483 e. The minimum absolute atomic E-state index is 0.0742. The van der Waals surface area contributed by atoms with Crippen molar-refractivity contribution in [2.24, 2.45) is 0 Å². The summed E-state index contributed by atoms with van der Waals surface area (Å²) < 4.78 is 6.29. The van der Waals surface area contributed by atoms with E-state index in [4.69, 9.17) is 19.7 Å². The highest BCUT2D eigenvalue weighted by Crippen LogP contribution is 2.05. The molecule has 1 atom stereocenters. The van der Waals surface area contributed by atoms with Gasteiger partial charge in [-0.15, -0.1) is 0 Å². The molecule has 0 aromatic heterocycles. The highest BCUT2D eigenvalue weighted by molar-refractivity contribution is 5.75. The number of benzene rings is 1. The monoisotopic (exact) mass is 482 g/mol. The number of carboxylic acids is 1. The lowest BCUT2D eigenvalue weighted by atomic mass is 10.1. The molecule has 0 aliphatic heterocycles. The van der Waals surface area contributed by atoms with Crippen LogP contribution in [0.4, 0.5) is 4.79 Å². The van der Waals surface area contributed by atoms with E-state index >= 15 is 0 Å². The van der Waals surface area contributed by atoms with Crippen LogP contribution in [0.5, 0.6) is 0 Å². The van der Waals surface area contributed by atoms with Crippen molar-refractivity contribution < 1.29 is 33.8 Å². The van der Waals surface area contributed by atoms with Crippen LogP contribution in [0.25, 0.3) is 0 Å². The average molecular weight is 483 g/mol. The fourth-order valence-electron chi connectivity index (χ4n) is 3.43. The van der Waals surface area contributed by atoms with E-state index in [-0.39, 0.29) is 25.0 Å². The topological polar surface area (TPSA) is 125 Å². The molecule has 1 aromatic rings. The molecular formula is C25H44N3O6+. The number of carboxylic acid groups (broad SMARTS) is 2. The third-order valence-corrected chi connectivity index (χ3v) is 4.87. The molecule has 0 spiro atoms. The molecule has 1 rings (SSSR count). The Kier molecular flexibility index (Phi) is 18.2. The van der Waals surface area contributed by atoms with Crippen LogP contribution >= 0.6 is 0 Å². The molecule has 194 valence electrons. The minimum atomic E-state index is -0.905. The summed E-state index contributed by atoms with van der Waals surface area (Å²) in [5, 5.41) is 21.5. The molecule has 4 N–H and O–H groups in total. The number of urea groups is 1. The van der Waals surface area contributed by atoms with E-state index in [1.54, 1.807) is 0 Å². The van der Waals surface area contributed by atoms with Crippen molar-refractivity contribution in [1.29, 1.82) is 0 Å². The van der Waals surface area contributed by atoms with Gasteiger partial charge in [0.05, 0.1) is 40.2 Å². The number of carbonyl (C=O) groups excluding carboxylic acids is 1. The van der Waals surface area contributed by atoms with Gasteiger partial charge in [-0.05, 0) is 37.7 Å². The van der Waals surface area contributed by atoms with Crippen LogP contribution in [0, 0.1) is 0 Å². The van der Waals surface area contributed by atoms with Crippen LogP contribution in [0.1, 0.15) is 50.5 Å². The normalized spacial score (nSPS) is 11.6. The standard InChI is InChI=1S/C24H41N3O4.CH2O2/c1-27(2,3)20-22(19-23(28)29)26-24(30)25-16-10-4-5-11-17-31-18-12-9-15-21-13-7-6-8-14-21;2-1-3/h6-8,13-14,22H,4-5,9-12,15-20H2,1-3H3,(H2-,25,26,28,29,30);1H,(H,2,3)/p+1/t22-;/m1./s1. The summed E-state index contributed by atoms with van der Waals surface area (Å²) in [6.45, 7) is 2.52. The zero-order chi connectivity index (χ0) is 25.7. The number of ether oxygens (including phenoxy) is 1. The first-order chi connectivity index (χ1) is 16.2. The summed E-state index contributed by atoms with van der Waals surface area (Å²) in [5.74, 6) is -0.905. The van der Waals surface area contributed by atoms with Crippen molar-refractivity contribution in [2.75, 3.05) is 47.4 Å². The van der Waals surface area contributed by atoms with Gasteiger partial charge >= 0.3 is 12.0 Å². The van der Waals surface area contributed by atoms with E-state index in [1.165, 1.54) is 5.56 Å². The van der Waals surface area contributed by atoms with Crippen LogP contribution in [-0.4, -0.2) is 86.7 Å². The average Bonchev–Trinajstić information content (AvgIpc) is 2.74. The van der Waals surface area contributed by atoms with Crippen LogP contribution in [0.15, 0.2) is 30.3 Å². The molecule has 0 heterocycles. The van der Waals surface area contributed by atoms with Gasteiger partial charge in [-0.3, -0.25) is 9.59 Å². The number of nitrogens with zero attached hydrogens (tertiary/aromatic N) is 1. The number of likely N-dealkylation sites (N-methyl/N-ethyl adjacent to an activating group) is 1. The summed E-state index contributed by atoms with van der Waals surface area (Å²) in [4.78, 5) is 31.4. The second kappa shape index (κ2) is 19.8. The molecule has 9 heteroatoms. The van der Waals surface area contributed by atoms with Crippen LogP contribution in [-0.2, 0) is 20.7 Å². The first-order valence-corrected chi connectivity index (χ1v) is 11.9. The Morgan fingerprint density at radius 1 is 1.00 bits per heavy atom. The van der Waals surface area contributed by atoms with Gasteiger partial charge in [0.1, 0.15) is 0 Å². The predicted octanol–water partition coefficient (Wildman–Crippen LogP) is 3.14. The number of quaternary nitrogens is 1. The molecule has 0 saturated heterocycles. The number of hydrogen-bond donors (Lipinski definition) is 4. The van der Waals surface area contributed by atoms with E-state index < -0.39 is 5.97 Å². The van der Waals surface area contributed by atoms with Gasteiger partial charge < -0.3 is 30.1 Å². The van der Waals surface area contributed by atoms with E-state index in [0.29, 0.717) is 17.6 Å². The SMILES string of the molecule is C[N+](C)(C)C[C@@H](CC(=O)O)NC(=O)NCCCCCCOCCCCc1ccccc1.O=CO. The molecule has 0 radical (unpaired) electrons. The van der Waals surface area contributed by atoms with E-state index in [0.717, 1.165) is 58.2 Å². The molecule has 1 aromatic carbocycles. The first kappa shape index (κ1) is 31.4. The van der Waals surface area contributed by atoms with Crippen LogP contribution < -0.4 is 10.6 Å². The predicted molar refractivity (Wildman–Crippen MR) is 133 cm³/mol. The molecule has 9 nitrogen and oxygen atoms in total. The Bertz CT molecular complexity index is 664. The first-order valence-electron chi connectivity index (χ1n) is 11.9. The minimum Gasteiger partial charge on any atom is -0.483 e. The highest BCUT2D eigenvalue weighted by Gasteiger charge is 2.22. The van der Waals surface area contributed by atoms with Crippen molar-refractivity contribution >= 4 is 18.5 Å². The Morgan fingerprint density at radius 2 is 1.59 bits per heavy atom. The lowest BCUT2D eigenvalue weighted by Gasteiger charge is -2.29. The van der Waals surface area contributed by atoms with Gasteiger partial charge in [-0.1, -0.05) is 43.2 Å². The summed E-state index contributed by atoms with van der Waals surface area (Å²) in [5.41, 5.74) is 1.38. The second-order valence-electron chi connectivity index (χ2n) is 9.24. The number of hydrogen-bond acceptors (Lipinski definition) is 4. The quantitative estimate of drug-likeness (QED) is 0.154. The number of amides is 2. The maximum atomic E-state index is 12.0. The molecule has 34 heavy (non-hydrogen) atoms. The Labute approximate surface area is 204 Å². The molecule has 2 amide bonds. The van der Waals surface area contributed by atoms with Crippen molar-refractivity contribution in [2.45, 2.75) is 57.4 Å². The zero-order valence-electron chi connectivity index (χ0n) is 21.0. The number of nitrogens with one attached hydrogen (secondary N) is 2. The van der Waals surface area contributed by atoms with E-state index in [2.05, 4.69) is 34.9 Å². The smallest absolute Gasteiger partial charge is 0.315 e. The van der Waals surface area contributed by atoms with Gasteiger partial charge in [0.25, 0.3) is 6.47 Å². The molecule has 0 bridgehead atoms. The van der Waals surface area contributed by atoms with Gasteiger partial charge in [-0.25, -0.2) is 4.79 Å². The molecule has 0 aliphatic rings. The Morgan fingerprint density at radius 3 is 2.18 bits per heavy atom. The lowest BCUT2D eigenvalue weighted by Crippen LogP contribution is -2.52. The summed E-state index contributed by atoms with van der Waals surface area (Å²) in [7, 11) is 5.93. The van der Waals surface area contributed by atoms with Crippen molar-refractivity contribution in [1.82, 2.24) is 10.6 Å². The van der Waals surface area contributed by atoms with E-state index in [1.807, 2.05) is 27.2 Å². The fraction of sp³-hybridized carbons (Fsp3) is 0.640. The molecule has 0 aliphatic carbocycles. The van der Waals surface area contributed by atoms with Crippen molar-refractivity contribution in [3.8, 4) is 0 Å². The summed E-state index contributed by atoms with van der Waals surface area (Å²) in [6, 6.07) is 9.86. The van der Waals surface area contributed by atoms with Crippen LogP contribution in [0.3, 0.4) is 0 Å². The number of unbranched alkanes of at least 4 members (excludes halogenated alkanes) is 4. The third-order valence-electron chi connectivity index (χ3n) is 4.87. The molecule has 0 unspecified atom stereocenters. The van der Waals surface area contributed by atoms with Gasteiger partial charge in [0, 0.05) is 19.8 Å². The summed E-state index contributed by atoms with van der Waals surface area (Å²) in [6.07, 6.45) is 7.33. The fourth-order valence-corrected chi connectivity index (χ4v) is 3.43. The zero-order valence-corrected chi connectivity index (χ0v) is 21.0. The van der Waals surface area contributed by atoms with Gasteiger partial charge in [0.2, 0.25) is 0 Å². The van der Waals surface area contributed by atoms with Crippen molar-refractivity contribution in [3.63, 3.8) is 0 Å². The molecular weight excluding hydrogens is 438 g/mol. The molecule has 0 saturated carbocycles. The maximum absolute atomic E-state index is 12.0. The van der Waals surface area contributed by atoms with Gasteiger partial charge in [-0.2, -0.15) is 0 Å². The Balaban J connectivity index is 0.00000343. The Hall–Kier alpha value is -2.65. The lowest BCUT2D eigenvalue weighted by molar-refractivity contribution is -0.871. The number of aryl methyl sites for hydroxylation is 1. The molecule has 0 fully saturated rings. The number of carbonyl (C=O) groups is 3.